The molecule has 1 amide bonds. The normalized spacial score (nSPS) is 15.2. The molecule has 2 N–H and O–H groups in total. The van der Waals surface area contributed by atoms with Crippen LogP contribution >= 0.6 is 11.6 Å². The molecular weight excluding hydrogens is 274 g/mol. The maximum atomic E-state index is 12.1. The summed E-state index contributed by atoms with van der Waals surface area (Å²) in [5.74, 6) is 6.21. The van der Waals surface area contributed by atoms with Crippen LogP contribution in [-0.4, -0.2) is 23.7 Å². The van der Waals surface area contributed by atoms with Crippen LogP contribution in [0.25, 0.3) is 0 Å². The number of aliphatic hydroxyl groups excluding tert-OH is 1. The number of carbonyl (C=O) groups is 1. The van der Waals surface area contributed by atoms with Gasteiger partial charge in [0.05, 0.1) is 11.6 Å². The van der Waals surface area contributed by atoms with Crippen molar-refractivity contribution in [2.24, 2.45) is 5.92 Å². The highest BCUT2D eigenvalue weighted by atomic mass is 35.5. The molecule has 0 aromatic heterocycles. The smallest absolute Gasteiger partial charge is 0.251 e. The minimum atomic E-state index is -0.0961. The van der Waals surface area contributed by atoms with Crippen LogP contribution in [0.4, 0.5) is 0 Å². The SMILES string of the molecule is CC(NC(=O)c1ccc(C#CCCO)c(Cl)c1)C1CC1. The van der Waals surface area contributed by atoms with E-state index >= 15 is 0 Å². The van der Waals surface area contributed by atoms with E-state index in [2.05, 4.69) is 17.2 Å². The van der Waals surface area contributed by atoms with Gasteiger partial charge >= 0.3 is 0 Å². The summed E-state index contributed by atoms with van der Waals surface area (Å²) in [6.07, 6.45) is 2.81. The van der Waals surface area contributed by atoms with Crippen molar-refractivity contribution in [3.8, 4) is 11.8 Å². The number of aliphatic hydroxyl groups is 1. The molecule has 1 unspecified atom stereocenters. The molecule has 0 saturated heterocycles. The standard InChI is InChI=1S/C16H18ClNO2/c1-11(12-5-6-12)18-16(20)14-8-7-13(15(17)10-14)4-2-3-9-19/h7-8,10-12,19H,3,5-6,9H2,1H3,(H,18,20). The van der Waals surface area contributed by atoms with Crippen molar-refractivity contribution < 1.29 is 9.90 Å². The summed E-state index contributed by atoms with van der Waals surface area (Å²) in [7, 11) is 0. The van der Waals surface area contributed by atoms with Crippen LogP contribution in [0.5, 0.6) is 0 Å². The molecule has 0 spiro atoms. The Labute approximate surface area is 124 Å². The lowest BCUT2D eigenvalue weighted by Crippen LogP contribution is -2.33. The second kappa shape index (κ2) is 6.78. The number of nitrogens with one attached hydrogen (secondary N) is 1. The molecule has 1 fully saturated rings. The first-order valence-electron chi connectivity index (χ1n) is 6.82. The van der Waals surface area contributed by atoms with Crippen LogP contribution in [0.1, 0.15) is 42.1 Å². The second-order valence-corrected chi connectivity index (χ2v) is 5.48. The zero-order valence-electron chi connectivity index (χ0n) is 11.4. The van der Waals surface area contributed by atoms with Crippen molar-refractivity contribution in [1.82, 2.24) is 5.32 Å². The highest BCUT2D eigenvalue weighted by Crippen LogP contribution is 2.32. The number of hydrogen-bond acceptors (Lipinski definition) is 2. The van der Waals surface area contributed by atoms with Gasteiger partial charge in [0.15, 0.2) is 0 Å². The van der Waals surface area contributed by atoms with Gasteiger partial charge in [0.25, 0.3) is 5.91 Å². The van der Waals surface area contributed by atoms with E-state index in [4.69, 9.17) is 16.7 Å². The van der Waals surface area contributed by atoms with Crippen molar-refractivity contribution in [2.45, 2.75) is 32.2 Å². The van der Waals surface area contributed by atoms with Crippen LogP contribution in [0, 0.1) is 17.8 Å². The fourth-order valence-electron chi connectivity index (χ4n) is 1.98. The molecule has 0 radical (unpaired) electrons. The lowest BCUT2D eigenvalue weighted by atomic mass is 10.1. The molecule has 2 rings (SSSR count). The number of benzene rings is 1. The van der Waals surface area contributed by atoms with Crippen molar-refractivity contribution in [3.63, 3.8) is 0 Å². The van der Waals surface area contributed by atoms with Crippen molar-refractivity contribution >= 4 is 17.5 Å². The Morgan fingerprint density at radius 1 is 1.55 bits per heavy atom. The average Bonchev–Trinajstić information content (AvgIpc) is 3.25. The Kier molecular flexibility index (Phi) is 5.05. The summed E-state index contributed by atoms with van der Waals surface area (Å²) < 4.78 is 0. The van der Waals surface area contributed by atoms with E-state index in [0.29, 0.717) is 28.5 Å². The maximum Gasteiger partial charge on any atom is 0.251 e. The van der Waals surface area contributed by atoms with Gasteiger partial charge in [-0.3, -0.25) is 4.79 Å². The lowest BCUT2D eigenvalue weighted by Gasteiger charge is -2.13. The summed E-state index contributed by atoms with van der Waals surface area (Å²) in [5.41, 5.74) is 1.22. The molecule has 0 bridgehead atoms. The molecular formula is C16H18ClNO2. The molecule has 0 aliphatic heterocycles. The predicted molar refractivity (Wildman–Crippen MR) is 79.7 cm³/mol. The van der Waals surface area contributed by atoms with Gasteiger partial charge in [0.2, 0.25) is 0 Å². The van der Waals surface area contributed by atoms with Crippen LogP contribution in [-0.2, 0) is 0 Å². The summed E-state index contributed by atoms with van der Waals surface area (Å²) in [5, 5.41) is 12.1. The first kappa shape index (κ1) is 14.9. The third-order valence-electron chi connectivity index (χ3n) is 3.38. The highest BCUT2D eigenvalue weighted by Gasteiger charge is 2.29. The molecule has 4 heteroatoms. The van der Waals surface area contributed by atoms with Gasteiger partial charge in [-0.1, -0.05) is 23.4 Å². The Bertz CT molecular complexity index is 555. The highest BCUT2D eigenvalue weighted by molar-refractivity contribution is 6.32. The first-order chi connectivity index (χ1) is 9.61. The fraction of sp³-hybridized carbons (Fsp3) is 0.438. The molecule has 3 nitrogen and oxygen atoms in total. The first-order valence-corrected chi connectivity index (χ1v) is 7.19. The van der Waals surface area contributed by atoms with Crippen molar-refractivity contribution in [3.05, 3.63) is 34.3 Å². The summed E-state index contributed by atoms with van der Waals surface area (Å²) in [6.45, 7) is 2.07. The molecule has 1 saturated carbocycles. The Hall–Kier alpha value is -1.50. The third-order valence-corrected chi connectivity index (χ3v) is 3.69. The summed E-state index contributed by atoms with van der Waals surface area (Å²) in [6, 6.07) is 5.32. The minimum Gasteiger partial charge on any atom is -0.395 e. The quantitative estimate of drug-likeness (QED) is 0.838. The Balaban J connectivity index is 2.04. The molecule has 0 heterocycles. The topological polar surface area (TPSA) is 49.3 Å². The number of rotatable bonds is 4. The van der Waals surface area contributed by atoms with Gasteiger partial charge in [0, 0.05) is 23.6 Å². The van der Waals surface area contributed by atoms with E-state index in [1.54, 1.807) is 18.2 Å². The van der Waals surface area contributed by atoms with Gasteiger partial charge in [-0.05, 0) is 43.9 Å². The molecule has 1 aromatic carbocycles. The number of halogens is 1. The van der Waals surface area contributed by atoms with Crippen molar-refractivity contribution in [2.75, 3.05) is 6.61 Å². The van der Waals surface area contributed by atoms with Crippen LogP contribution in [0.2, 0.25) is 5.02 Å². The van der Waals surface area contributed by atoms with E-state index in [9.17, 15) is 4.79 Å². The van der Waals surface area contributed by atoms with Gasteiger partial charge in [-0.15, -0.1) is 0 Å². The van der Waals surface area contributed by atoms with E-state index in [1.165, 1.54) is 12.8 Å². The summed E-state index contributed by atoms with van der Waals surface area (Å²) >= 11 is 6.12. The van der Waals surface area contributed by atoms with E-state index < -0.39 is 0 Å². The Morgan fingerprint density at radius 3 is 2.90 bits per heavy atom. The molecule has 1 aromatic rings. The zero-order valence-corrected chi connectivity index (χ0v) is 12.2. The van der Waals surface area contributed by atoms with Gasteiger partial charge in [-0.2, -0.15) is 0 Å². The van der Waals surface area contributed by atoms with E-state index in [-0.39, 0.29) is 18.6 Å². The van der Waals surface area contributed by atoms with Crippen molar-refractivity contribution in [1.29, 1.82) is 0 Å². The molecule has 106 valence electrons. The van der Waals surface area contributed by atoms with E-state index in [1.807, 2.05) is 6.92 Å². The van der Waals surface area contributed by atoms with Gasteiger partial charge in [0.1, 0.15) is 0 Å². The average molecular weight is 292 g/mol. The third kappa shape index (κ3) is 4.00. The van der Waals surface area contributed by atoms with Gasteiger partial charge in [-0.25, -0.2) is 0 Å². The summed E-state index contributed by atoms with van der Waals surface area (Å²) in [4.78, 5) is 12.1. The molecule has 1 aliphatic carbocycles. The molecule has 1 aliphatic rings. The number of carbonyl (C=O) groups excluding carboxylic acids is 1. The van der Waals surface area contributed by atoms with Crippen LogP contribution < -0.4 is 5.32 Å². The number of hydrogen-bond donors (Lipinski definition) is 2. The van der Waals surface area contributed by atoms with Crippen LogP contribution in [0.15, 0.2) is 18.2 Å². The number of amides is 1. The van der Waals surface area contributed by atoms with Crippen LogP contribution in [0.3, 0.4) is 0 Å². The van der Waals surface area contributed by atoms with E-state index in [0.717, 1.165) is 0 Å². The predicted octanol–water partition coefficient (Wildman–Crippen LogP) is 2.60. The molecule has 20 heavy (non-hydrogen) atoms. The lowest BCUT2D eigenvalue weighted by molar-refractivity contribution is 0.0936. The second-order valence-electron chi connectivity index (χ2n) is 5.07. The fourth-order valence-corrected chi connectivity index (χ4v) is 2.20. The maximum absolute atomic E-state index is 12.1. The zero-order chi connectivity index (χ0) is 14.5. The molecule has 1 atom stereocenters. The monoisotopic (exact) mass is 291 g/mol. The Morgan fingerprint density at radius 2 is 2.30 bits per heavy atom. The minimum absolute atomic E-state index is 0.0319. The van der Waals surface area contributed by atoms with Gasteiger partial charge < -0.3 is 10.4 Å². The largest absolute Gasteiger partial charge is 0.395 e.